The lowest BCUT2D eigenvalue weighted by atomic mass is 10.1. The van der Waals surface area contributed by atoms with Gasteiger partial charge in [-0.05, 0) is 0 Å². The lowest BCUT2D eigenvalue weighted by Gasteiger charge is -2.09. The van der Waals surface area contributed by atoms with Crippen molar-refractivity contribution in [2.24, 2.45) is 0 Å². The number of methoxy groups -OCH3 is 1. The van der Waals surface area contributed by atoms with Crippen molar-refractivity contribution >= 4 is 5.97 Å². The Kier molecular flexibility index (Phi) is 3.02. The fourth-order valence-electron chi connectivity index (χ4n) is 1.18. The highest BCUT2D eigenvalue weighted by Crippen LogP contribution is 2.20. The van der Waals surface area contributed by atoms with Crippen LogP contribution in [0.3, 0.4) is 0 Å². The van der Waals surface area contributed by atoms with Gasteiger partial charge in [-0.25, -0.2) is 4.79 Å². The third kappa shape index (κ3) is 1.74. The van der Waals surface area contributed by atoms with Crippen LogP contribution in [0.15, 0.2) is 0 Å². The number of hydrogen-bond donors (Lipinski definition) is 2. The van der Waals surface area contributed by atoms with Gasteiger partial charge in [0.1, 0.15) is 6.10 Å². The van der Waals surface area contributed by atoms with Gasteiger partial charge in [-0.3, -0.25) is 0 Å². The average molecular weight is 176 g/mol. The van der Waals surface area contributed by atoms with Crippen molar-refractivity contribution in [1.82, 2.24) is 0 Å². The van der Waals surface area contributed by atoms with Crippen LogP contribution in [0.25, 0.3) is 0 Å². The van der Waals surface area contributed by atoms with E-state index in [1.165, 1.54) is 7.11 Å². The van der Waals surface area contributed by atoms with Gasteiger partial charge >= 0.3 is 5.97 Å². The molecule has 0 amide bonds. The molecule has 1 rings (SSSR count). The van der Waals surface area contributed by atoms with Gasteiger partial charge in [0.2, 0.25) is 0 Å². The van der Waals surface area contributed by atoms with E-state index in [9.17, 15) is 9.90 Å². The number of aliphatic hydroxyl groups is 2. The van der Waals surface area contributed by atoms with E-state index in [0.29, 0.717) is 0 Å². The maximum absolute atomic E-state index is 10.9. The summed E-state index contributed by atoms with van der Waals surface area (Å²) >= 11 is 0. The normalized spacial score (nSPS) is 35.1. The first kappa shape index (κ1) is 9.44. The lowest BCUT2D eigenvalue weighted by Crippen LogP contribution is -2.25. The topological polar surface area (TPSA) is 76.0 Å². The Morgan fingerprint density at radius 1 is 1.75 bits per heavy atom. The van der Waals surface area contributed by atoms with Gasteiger partial charge < -0.3 is 19.7 Å². The molecule has 0 aromatic rings. The number of carbonyl (C=O) groups is 1. The van der Waals surface area contributed by atoms with Crippen LogP contribution in [0.4, 0.5) is 0 Å². The summed E-state index contributed by atoms with van der Waals surface area (Å²) in [4.78, 5) is 10.9. The molecule has 1 fully saturated rings. The first-order valence-corrected chi connectivity index (χ1v) is 3.71. The van der Waals surface area contributed by atoms with Gasteiger partial charge in [0.15, 0.2) is 6.10 Å². The van der Waals surface area contributed by atoms with E-state index in [1.807, 2.05) is 0 Å². The van der Waals surface area contributed by atoms with Crippen molar-refractivity contribution in [3.05, 3.63) is 0 Å². The van der Waals surface area contributed by atoms with Crippen LogP contribution in [0.1, 0.15) is 6.42 Å². The molecule has 0 bridgehead atoms. The van der Waals surface area contributed by atoms with Crippen LogP contribution < -0.4 is 0 Å². The minimum atomic E-state index is -0.779. The van der Waals surface area contributed by atoms with Gasteiger partial charge in [-0.2, -0.15) is 0 Å². The number of rotatable bonds is 2. The molecular formula is C7H12O5. The molecule has 0 radical (unpaired) electrons. The lowest BCUT2D eigenvalue weighted by molar-refractivity contribution is -0.154. The molecule has 3 atom stereocenters. The smallest absolute Gasteiger partial charge is 0.335 e. The fourth-order valence-corrected chi connectivity index (χ4v) is 1.18. The second-order valence-corrected chi connectivity index (χ2v) is 2.67. The Bertz CT molecular complexity index is 169. The molecule has 1 heterocycles. The summed E-state index contributed by atoms with van der Waals surface area (Å²) in [5, 5.41) is 17.9. The summed E-state index contributed by atoms with van der Waals surface area (Å²) in [5.41, 5.74) is 0. The summed E-state index contributed by atoms with van der Waals surface area (Å²) in [7, 11) is 1.25. The van der Waals surface area contributed by atoms with Crippen molar-refractivity contribution in [3.8, 4) is 0 Å². The Labute approximate surface area is 69.9 Å². The predicted octanol–water partition coefficient (Wildman–Crippen LogP) is -1.33. The second kappa shape index (κ2) is 3.84. The van der Waals surface area contributed by atoms with Crippen LogP contribution >= 0.6 is 0 Å². The maximum Gasteiger partial charge on any atom is 0.335 e. The molecule has 0 aliphatic carbocycles. The van der Waals surface area contributed by atoms with Crippen LogP contribution in [0.2, 0.25) is 0 Å². The van der Waals surface area contributed by atoms with Gasteiger partial charge in [0.25, 0.3) is 0 Å². The summed E-state index contributed by atoms with van der Waals surface area (Å²) in [5.74, 6) is -0.509. The molecule has 0 aromatic heterocycles. The number of aliphatic hydroxyl groups excluding tert-OH is 2. The van der Waals surface area contributed by atoms with E-state index in [2.05, 4.69) is 4.74 Å². The number of hydrogen-bond acceptors (Lipinski definition) is 5. The molecule has 1 saturated heterocycles. The molecule has 0 aromatic carbocycles. The van der Waals surface area contributed by atoms with E-state index < -0.39 is 24.3 Å². The molecule has 0 saturated carbocycles. The standard InChI is InChI=1S/C7H12O5/c1-11-7(10)5-2-4(9)6(3-8)12-5/h4-6,8-9H,2-3H2,1H3/t4-,5-,6+/m1/s1. The highest BCUT2D eigenvalue weighted by atomic mass is 16.6. The van der Waals surface area contributed by atoms with Crippen molar-refractivity contribution in [2.45, 2.75) is 24.7 Å². The van der Waals surface area contributed by atoms with Gasteiger partial charge in [-0.15, -0.1) is 0 Å². The third-order valence-electron chi connectivity index (χ3n) is 1.87. The van der Waals surface area contributed by atoms with Gasteiger partial charge in [-0.1, -0.05) is 0 Å². The Hall–Kier alpha value is -0.650. The molecular weight excluding hydrogens is 164 g/mol. The third-order valence-corrected chi connectivity index (χ3v) is 1.87. The van der Waals surface area contributed by atoms with E-state index in [-0.39, 0.29) is 13.0 Å². The first-order valence-electron chi connectivity index (χ1n) is 3.71. The highest BCUT2D eigenvalue weighted by molar-refractivity contribution is 5.74. The van der Waals surface area contributed by atoms with Crippen LogP contribution in [-0.2, 0) is 14.3 Å². The van der Waals surface area contributed by atoms with Gasteiger partial charge in [0.05, 0.1) is 19.8 Å². The Morgan fingerprint density at radius 3 is 2.83 bits per heavy atom. The second-order valence-electron chi connectivity index (χ2n) is 2.67. The molecule has 70 valence electrons. The molecule has 5 heteroatoms. The van der Waals surface area contributed by atoms with Crippen molar-refractivity contribution in [2.75, 3.05) is 13.7 Å². The van der Waals surface area contributed by atoms with Crippen molar-refractivity contribution in [1.29, 1.82) is 0 Å². The molecule has 1 aliphatic heterocycles. The quantitative estimate of drug-likeness (QED) is 0.510. The summed E-state index contributed by atoms with van der Waals surface area (Å²) in [6, 6.07) is 0. The molecule has 0 unspecified atom stereocenters. The van der Waals surface area contributed by atoms with E-state index in [4.69, 9.17) is 9.84 Å². The zero-order chi connectivity index (χ0) is 9.14. The predicted molar refractivity (Wildman–Crippen MR) is 38.4 cm³/mol. The minimum Gasteiger partial charge on any atom is -0.467 e. The van der Waals surface area contributed by atoms with Crippen molar-refractivity contribution < 1.29 is 24.5 Å². The monoisotopic (exact) mass is 176 g/mol. The molecule has 12 heavy (non-hydrogen) atoms. The molecule has 5 nitrogen and oxygen atoms in total. The zero-order valence-corrected chi connectivity index (χ0v) is 6.77. The molecule has 1 aliphatic rings. The van der Waals surface area contributed by atoms with E-state index >= 15 is 0 Å². The van der Waals surface area contributed by atoms with Crippen LogP contribution in [-0.4, -0.2) is 48.2 Å². The first-order chi connectivity index (χ1) is 5.69. The molecule has 0 spiro atoms. The fraction of sp³-hybridized carbons (Fsp3) is 0.857. The van der Waals surface area contributed by atoms with Crippen LogP contribution in [0.5, 0.6) is 0 Å². The largest absolute Gasteiger partial charge is 0.467 e. The summed E-state index contributed by atoms with van der Waals surface area (Å²) in [6.45, 7) is -0.283. The van der Waals surface area contributed by atoms with E-state index in [1.54, 1.807) is 0 Å². The molecule has 2 N–H and O–H groups in total. The Balaban J connectivity index is 2.48. The summed E-state index contributed by atoms with van der Waals surface area (Å²) in [6.07, 6.45) is -1.98. The number of carbonyl (C=O) groups excluding carboxylic acids is 1. The minimum absolute atomic E-state index is 0.192. The average Bonchev–Trinajstić information content (AvgIpc) is 2.45. The highest BCUT2D eigenvalue weighted by Gasteiger charge is 2.37. The summed E-state index contributed by atoms with van der Waals surface area (Å²) < 4.78 is 9.42. The maximum atomic E-state index is 10.9. The van der Waals surface area contributed by atoms with Gasteiger partial charge in [0, 0.05) is 6.42 Å². The van der Waals surface area contributed by atoms with Crippen LogP contribution in [0, 0.1) is 0 Å². The van der Waals surface area contributed by atoms with Crippen molar-refractivity contribution in [3.63, 3.8) is 0 Å². The Morgan fingerprint density at radius 2 is 2.42 bits per heavy atom. The zero-order valence-electron chi connectivity index (χ0n) is 6.77. The van der Waals surface area contributed by atoms with E-state index in [0.717, 1.165) is 0 Å². The number of ether oxygens (including phenoxy) is 2. The number of esters is 1. The SMILES string of the molecule is COC(=O)[C@H]1C[C@@H](O)[C@H](CO)O1.